The van der Waals surface area contributed by atoms with E-state index in [0.717, 1.165) is 16.0 Å². The molecule has 0 radical (unpaired) electrons. The van der Waals surface area contributed by atoms with Gasteiger partial charge in [0.05, 0.1) is 26.0 Å². The Morgan fingerprint density at radius 2 is 1.96 bits per heavy atom. The average Bonchev–Trinajstić information content (AvgIpc) is 2.89. The summed E-state index contributed by atoms with van der Waals surface area (Å²) in [6.07, 6.45) is 0. The molecule has 1 aromatic heterocycles. The number of amides is 1. The number of benzene rings is 2. The lowest BCUT2D eigenvalue weighted by Crippen LogP contribution is -2.14. The fourth-order valence-electron chi connectivity index (χ4n) is 2.25. The molecule has 0 aliphatic rings. The third kappa shape index (κ3) is 3.86. The highest BCUT2D eigenvalue weighted by atomic mass is 35.5. The van der Waals surface area contributed by atoms with Crippen molar-refractivity contribution in [3.63, 3.8) is 0 Å². The van der Waals surface area contributed by atoms with Crippen molar-refractivity contribution in [1.82, 2.24) is 4.57 Å². The Morgan fingerprint density at radius 3 is 2.71 bits per heavy atom. The van der Waals surface area contributed by atoms with Crippen LogP contribution in [0.3, 0.4) is 0 Å². The molecular weight excluding hydrogens is 383 g/mol. The zero-order chi connectivity index (χ0) is 17.1. The molecule has 3 nitrogen and oxygen atoms in total. The predicted molar refractivity (Wildman–Crippen MR) is 104 cm³/mol. The molecule has 3 aromatic rings. The second kappa shape index (κ2) is 7.74. The van der Waals surface area contributed by atoms with Crippen molar-refractivity contribution in [3.05, 3.63) is 62.9 Å². The zero-order valence-corrected chi connectivity index (χ0v) is 16.0. The van der Waals surface area contributed by atoms with Crippen LogP contribution in [0.4, 0.5) is 0 Å². The lowest BCUT2D eigenvalue weighted by atomic mass is 10.2. The van der Waals surface area contributed by atoms with Gasteiger partial charge >= 0.3 is 0 Å². The maximum atomic E-state index is 12.1. The smallest absolute Gasteiger partial charge is 0.258 e. The summed E-state index contributed by atoms with van der Waals surface area (Å²) in [6, 6.07) is 13.7. The van der Waals surface area contributed by atoms with E-state index in [1.54, 1.807) is 17.8 Å². The Kier molecular flexibility index (Phi) is 5.66. The lowest BCUT2D eigenvalue weighted by Gasteiger charge is -2.00. The average molecular weight is 397 g/mol. The molecule has 0 saturated carbocycles. The molecule has 0 bridgehead atoms. The topological polar surface area (TPSA) is 34.4 Å². The Balaban J connectivity index is 1.76. The first-order valence-electron chi connectivity index (χ1n) is 7.19. The minimum Gasteiger partial charge on any atom is -0.318 e. The summed E-state index contributed by atoms with van der Waals surface area (Å²) in [6.45, 7) is 0. The molecule has 7 heteroatoms. The van der Waals surface area contributed by atoms with Crippen LogP contribution in [-0.2, 0) is 17.6 Å². The predicted octanol–water partition coefficient (Wildman–Crippen LogP) is 4.91. The van der Waals surface area contributed by atoms with E-state index in [1.807, 2.05) is 48.0 Å². The molecule has 24 heavy (non-hydrogen) atoms. The third-order valence-electron chi connectivity index (χ3n) is 3.41. The van der Waals surface area contributed by atoms with E-state index in [4.69, 9.17) is 23.2 Å². The highest BCUT2D eigenvalue weighted by molar-refractivity contribution is 7.99. The molecule has 1 amide bonds. The van der Waals surface area contributed by atoms with Crippen LogP contribution in [0.15, 0.2) is 47.5 Å². The number of hydrogen-bond acceptors (Lipinski definition) is 3. The fourth-order valence-corrected chi connectivity index (χ4v) is 4.56. The number of carbonyl (C=O) groups is 1. The summed E-state index contributed by atoms with van der Waals surface area (Å²) in [5.74, 6) is 0.986. The maximum absolute atomic E-state index is 12.1. The second-order valence-electron chi connectivity index (χ2n) is 5.14. The first-order chi connectivity index (χ1) is 11.6. The second-order valence-corrected chi connectivity index (χ2v) is 7.92. The molecule has 2 aromatic carbocycles. The van der Waals surface area contributed by atoms with E-state index in [0.29, 0.717) is 20.6 Å². The van der Waals surface area contributed by atoms with E-state index >= 15 is 0 Å². The highest BCUT2D eigenvalue weighted by Gasteiger charge is 2.11. The van der Waals surface area contributed by atoms with Crippen molar-refractivity contribution in [3.8, 4) is 0 Å². The molecule has 0 unspecified atom stereocenters. The first kappa shape index (κ1) is 17.5. The number of aryl methyl sites for hydroxylation is 1. The van der Waals surface area contributed by atoms with Crippen LogP contribution in [0.25, 0.3) is 10.2 Å². The fraction of sp³-hybridized carbons (Fsp3) is 0.176. The van der Waals surface area contributed by atoms with Crippen molar-refractivity contribution in [2.75, 3.05) is 5.75 Å². The van der Waals surface area contributed by atoms with Crippen molar-refractivity contribution < 1.29 is 4.79 Å². The van der Waals surface area contributed by atoms with Gasteiger partial charge in [-0.1, -0.05) is 64.9 Å². The van der Waals surface area contributed by atoms with Crippen LogP contribution < -0.4 is 4.80 Å². The van der Waals surface area contributed by atoms with Gasteiger partial charge in [-0.25, -0.2) is 0 Å². The van der Waals surface area contributed by atoms with Gasteiger partial charge in [0, 0.05) is 12.8 Å². The van der Waals surface area contributed by atoms with Crippen molar-refractivity contribution in [1.29, 1.82) is 0 Å². The minimum atomic E-state index is -0.152. The van der Waals surface area contributed by atoms with Crippen LogP contribution in [0.2, 0.25) is 10.0 Å². The third-order valence-corrected chi connectivity index (χ3v) is 6.29. The molecule has 0 saturated heterocycles. The van der Waals surface area contributed by atoms with E-state index in [1.165, 1.54) is 16.9 Å². The van der Waals surface area contributed by atoms with Gasteiger partial charge < -0.3 is 4.57 Å². The van der Waals surface area contributed by atoms with Crippen LogP contribution in [0.1, 0.15) is 5.56 Å². The molecule has 1 heterocycles. The van der Waals surface area contributed by atoms with E-state index < -0.39 is 0 Å². The SMILES string of the molecule is Cn1c(=NC(=O)CSCc2ccccc2)sc2ccc(Cl)c(Cl)c21. The van der Waals surface area contributed by atoms with Gasteiger partial charge in [-0.2, -0.15) is 4.99 Å². The molecule has 3 rings (SSSR count). The summed E-state index contributed by atoms with van der Waals surface area (Å²) in [5.41, 5.74) is 2.00. The van der Waals surface area contributed by atoms with E-state index in [-0.39, 0.29) is 5.91 Å². The molecule has 0 aliphatic carbocycles. The van der Waals surface area contributed by atoms with Gasteiger partial charge in [0.15, 0.2) is 4.80 Å². The summed E-state index contributed by atoms with van der Waals surface area (Å²) in [4.78, 5) is 17.0. The quantitative estimate of drug-likeness (QED) is 0.627. The molecule has 0 fully saturated rings. The van der Waals surface area contributed by atoms with Gasteiger partial charge in [0.2, 0.25) is 0 Å². The van der Waals surface area contributed by atoms with Crippen molar-refractivity contribution in [2.45, 2.75) is 5.75 Å². The van der Waals surface area contributed by atoms with Crippen LogP contribution in [-0.4, -0.2) is 16.2 Å². The monoisotopic (exact) mass is 396 g/mol. The van der Waals surface area contributed by atoms with Crippen molar-refractivity contribution >= 4 is 62.4 Å². The summed E-state index contributed by atoms with van der Waals surface area (Å²) in [7, 11) is 1.84. The zero-order valence-electron chi connectivity index (χ0n) is 12.8. The molecule has 0 aliphatic heterocycles. The number of aromatic nitrogens is 1. The highest BCUT2D eigenvalue weighted by Crippen LogP contribution is 2.31. The minimum absolute atomic E-state index is 0.152. The van der Waals surface area contributed by atoms with Gasteiger partial charge in [-0.15, -0.1) is 11.8 Å². The molecule has 0 spiro atoms. The standard InChI is InChI=1S/C17H14Cl2N2OS2/c1-21-16-13(8-7-12(18)15(16)19)24-17(21)20-14(22)10-23-9-11-5-3-2-4-6-11/h2-8H,9-10H2,1H3. The maximum Gasteiger partial charge on any atom is 0.258 e. The Hall–Kier alpha value is -1.27. The number of halogens is 2. The van der Waals surface area contributed by atoms with Gasteiger partial charge in [0.1, 0.15) is 0 Å². The number of thioether (sulfide) groups is 1. The van der Waals surface area contributed by atoms with Gasteiger partial charge in [-0.05, 0) is 17.7 Å². The summed E-state index contributed by atoms with van der Waals surface area (Å²) >= 11 is 15.3. The number of hydrogen-bond donors (Lipinski definition) is 0. The molecule has 0 N–H and O–H groups in total. The number of rotatable bonds is 4. The van der Waals surface area contributed by atoms with Crippen LogP contribution in [0.5, 0.6) is 0 Å². The molecular formula is C17H14Cl2N2OS2. The number of carbonyl (C=O) groups excluding carboxylic acids is 1. The number of thiazole rings is 1. The Morgan fingerprint density at radius 1 is 1.21 bits per heavy atom. The number of nitrogens with zero attached hydrogens (tertiary/aromatic N) is 2. The number of fused-ring (bicyclic) bond motifs is 1. The normalized spacial score (nSPS) is 12.0. The summed E-state index contributed by atoms with van der Waals surface area (Å²) < 4.78 is 2.77. The lowest BCUT2D eigenvalue weighted by molar-refractivity contribution is -0.115. The van der Waals surface area contributed by atoms with E-state index in [2.05, 4.69) is 4.99 Å². The molecule has 124 valence electrons. The Bertz CT molecular complexity index is 948. The first-order valence-corrected chi connectivity index (χ1v) is 9.91. The summed E-state index contributed by atoms with van der Waals surface area (Å²) in [5, 5.41) is 0.981. The van der Waals surface area contributed by atoms with Crippen LogP contribution in [0, 0.1) is 0 Å². The van der Waals surface area contributed by atoms with Gasteiger partial charge in [0.25, 0.3) is 5.91 Å². The largest absolute Gasteiger partial charge is 0.318 e. The van der Waals surface area contributed by atoms with Crippen molar-refractivity contribution in [2.24, 2.45) is 12.0 Å². The van der Waals surface area contributed by atoms with E-state index in [9.17, 15) is 4.79 Å². The van der Waals surface area contributed by atoms with Gasteiger partial charge in [-0.3, -0.25) is 4.79 Å². The van der Waals surface area contributed by atoms with Crippen LogP contribution >= 0.6 is 46.3 Å². The molecule has 0 atom stereocenters. The Labute approximate surface area is 157 Å².